The lowest BCUT2D eigenvalue weighted by Gasteiger charge is -2.32. The summed E-state index contributed by atoms with van der Waals surface area (Å²) in [4.78, 5) is 0. The number of rotatable bonds is 4. The van der Waals surface area contributed by atoms with Crippen molar-refractivity contribution in [2.75, 3.05) is 0 Å². The molecule has 6 fully saturated rings. The number of fused-ring (bicyclic) bond motifs is 3. The fraction of sp³-hybridized carbons (Fsp3) is 0.833. The van der Waals surface area contributed by atoms with Crippen molar-refractivity contribution in [3.63, 3.8) is 0 Å². The van der Waals surface area contributed by atoms with Gasteiger partial charge in [-0.25, -0.2) is 0 Å². The maximum absolute atomic E-state index is 4.23. The van der Waals surface area contributed by atoms with Crippen molar-refractivity contribution in [3.05, 3.63) is 36.5 Å². The van der Waals surface area contributed by atoms with Gasteiger partial charge in [-0.1, -0.05) is 76.0 Å². The van der Waals surface area contributed by atoms with Crippen LogP contribution in [0.2, 0.25) is 5.28 Å². The molecule has 0 heterocycles. The zero-order valence-corrected chi connectivity index (χ0v) is 26.0. The summed E-state index contributed by atoms with van der Waals surface area (Å²) in [5, 5.41) is 1.29. The van der Waals surface area contributed by atoms with E-state index in [1.807, 2.05) is 0 Å². The van der Waals surface area contributed by atoms with Gasteiger partial charge in [0.15, 0.2) is 0 Å². The van der Waals surface area contributed by atoms with Gasteiger partial charge >= 0.3 is 0 Å². The minimum absolute atomic E-state index is 0.912. The third kappa shape index (κ3) is 7.70. The van der Waals surface area contributed by atoms with Gasteiger partial charge in [-0.15, -0.1) is 5.28 Å². The molecule has 0 N–H and O–H groups in total. The van der Waals surface area contributed by atoms with E-state index in [-0.39, 0.29) is 0 Å². The van der Waals surface area contributed by atoms with Crippen LogP contribution in [-0.4, -0.2) is 16.3 Å². The van der Waals surface area contributed by atoms with Crippen molar-refractivity contribution in [1.29, 1.82) is 0 Å². The van der Waals surface area contributed by atoms with Gasteiger partial charge in [0.05, 0.1) is 0 Å². The van der Waals surface area contributed by atoms with Crippen LogP contribution in [0.25, 0.3) is 0 Å². The average molecular weight is 519 g/mol. The van der Waals surface area contributed by atoms with E-state index in [0.29, 0.717) is 0 Å². The highest BCUT2D eigenvalue weighted by molar-refractivity contribution is 6.08. The molecule has 6 aliphatic carbocycles. The van der Waals surface area contributed by atoms with Crippen molar-refractivity contribution in [1.82, 2.24) is 0 Å². The van der Waals surface area contributed by atoms with Crippen LogP contribution >= 0.6 is 0 Å². The lowest BCUT2D eigenvalue weighted by Crippen LogP contribution is -2.21. The Morgan fingerprint density at radius 2 is 1.00 bits per heavy atom. The van der Waals surface area contributed by atoms with Crippen molar-refractivity contribution in [2.24, 2.45) is 53.3 Å². The van der Waals surface area contributed by atoms with E-state index < -0.39 is 0 Å². The summed E-state index contributed by atoms with van der Waals surface area (Å²) in [5.74, 6) is 8.92. The van der Waals surface area contributed by atoms with Gasteiger partial charge in [-0.05, 0) is 143 Å². The number of hydrogen-bond acceptors (Lipinski definition) is 0. The Labute approximate surface area is 240 Å². The fourth-order valence-corrected chi connectivity index (χ4v) is 9.98. The zero-order chi connectivity index (χ0) is 26.4. The maximum Gasteiger partial charge on any atom is 0.118 e. The molecule has 0 aromatic rings. The Morgan fingerprint density at radius 3 is 1.49 bits per heavy atom. The van der Waals surface area contributed by atoms with Crippen LogP contribution in [0.4, 0.5) is 0 Å². The monoisotopic (exact) mass is 518 g/mol. The molecule has 2 radical (unpaired) electrons. The van der Waals surface area contributed by atoms with Crippen molar-refractivity contribution in [2.45, 2.75) is 135 Å². The van der Waals surface area contributed by atoms with Crippen LogP contribution in [0.3, 0.4) is 0 Å². The van der Waals surface area contributed by atoms with Gasteiger partial charge in [0.2, 0.25) is 0 Å². The standard InChI is InChI=1S/2C12H20.C12H19.Al/c2*1-3-10-5-7-12-9(2)4-6-11(12)8-10;1-3-10-5-7-11-6-4-9(2)12(11)8-10;/h2*10-12H,2-8H2,1H3;10-12H,1-8H2;. The molecule has 9 unspecified atom stereocenters. The highest BCUT2D eigenvalue weighted by atomic mass is 27.0. The van der Waals surface area contributed by atoms with Gasteiger partial charge in [0.25, 0.3) is 0 Å². The third-order valence-corrected chi connectivity index (χ3v) is 12.4. The molecule has 0 bridgehead atoms. The predicted octanol–water partition coefficient (Wildman–Crippen LogP) is 10.9. The molecule has 0 aromatic carbocycles. The van der Waals surface area contributed by atoms with Crippen LogP contribution < -0.4 is 0 Å². The Balaban J connectivity index is 0.000000130. The Hall–Kier alpha value is -0.248. The SMILES string of the molecule is C=C1CCC2CC(CC)CCC12.C=C1CCC2CC(CC)CCC12.C=C1CCC2CCC(C[CH2][Al])CC12. The van der Waals surface area contributed by atoms with Crippen LogP contribution in [0.5, 0.6) is 0 Å². The Morgan fingerprint density at radius 1 is 0.541 bits per heavy atom. The highest BCUT2D eigenvalue weighted by Crippen LogP contribution is 2.49. The van der Waals surface area contributed by atoms with E-state index in [1.54, 1.807) is 16.7 Å². The summed E-state index contributed by atoms with van der Waals surface area (Å²) in [7, 11) is 0. The molecule has 0 spiro atoms. The number of allylic oxidation sites excluding steroid dienone is 3. The fourth-order valence-electron chi connectivity index (χ4n) is 9.51. The van der Waals surface area contributed by atoms with E-state index in [0.717, 1.165) is 53.3 Å². The molecule has 6 rings (SSSR count). The quantitative estimate of drug-likeness (QED) is 0.256. The summed E-state index contributed by atoms with van der Waals surface area (Å²) in [6.07, 6.45) is 25.8. The van der Waals surface area contributed by atoms with Crippen molar-refractivity contribution < 1.29 is 0 Å². The Bertz CT molecular complexity index is 721. The molecule has 1 heteroatoms. The first-order valence-corrected chi connectivity index (χ1v) is 17.5. The summed E-state index contributed by atoms with van der Waals surface area (Å²) < 4.78 is 0. The summed E-state index contributed by atoms with van der Waals surface area (Å²) in [6.45, 7) is 17.3. The van der Waals surface area contributed by atoms with Crippen LogP contribution in [0.15, 0.2) is 36.5 Å². The minimum atomic E-state index is 0.912. The van der Waals surface area contributed by atoms with Crippen molar-refractivity contribution in [3.8, 4) is 0 Å². The molecule has 0 saturated heterocycles. The second-order valence-corrected chi connectivity index (χ2v) is 14.7. The zero-order valence-electron chi connectivity index (χ0n) is 24.8. The lowest BCUT2D eigenvalue weighted by molar-refractivity contribution is 0.222. The molecule has 206 valence electrons. The normalized spacial score (nSPS) is 40.6. The summed E-state index contributed by atoms with van der Waals surface area (Å²) in [5.41, 5.74) is 4.70. The first-order valence-electron chi connectivity index (χ1n) is 16.7. The van der Waals surface area contributed by atoms with E-state index >= 15 is 0 Å². The first kappa shape index (κ1) is 29.7. The second kappa shape index (κ2) is 14.4. The van der Waals surface area contributed by atoms with Crippen LogP contribution in [-0.2, 0) is 0 Å². The first-order chi connectivity index (χ1) is 17.9. The summed E-state index contributed by atoms with van der Waals surface area (Å²) in [6, 6.07) is 0. The highest BCUT2D eigenvalue weighted by Gasteiger charge is 2.37. The Kier molecular flexibility index (Phi) is 11.6. The molecule has 9 atom stereocenters. The van der Waals surface area contributed by atoms with Crippen molar-refractivity contribution >= 4 is 16.3 Å². The van der Waals surface area contributed by atoms with E-state index in [2.05, 4.69) is 49.9 Å². The number of hydrogen-bond donors (Lipinski definition) is 0. The molecule has 0 aliphatic heterocycles. The molecular weight excluding hydrogens is 459 g/mol. The van der Waals surface area contributed by atoms with E-state index in [1.165, 1.54) is 121 Å². The molecule has 0 amide bonds. The topological polar surface area (TPSA) is 0 Å². The van der Waals surface area contributed by atoms with Gasteiger partial charge < -0.3 is 0 Å². The molecular formula is C36H59Al. The van der Waals surface area contributed by atoms with Gasteiger partial charge in [0.1, 0.15) is 16.3 Å². The average Bonchev–Trinajstić information content (AvgIpc) is 3.61. The lowest BCUT2D eigenvalue weighted by atomic mass is 9.74. The van der Waals surface area contributed by atoms with E-state index in [4.69, 9.17) is 0 Å². The molecule has 37 heavy (non-hydrogen) atoms. The van der Waals surface area contributed by atoms with E-state index in [9.17, 15) is 0 Å². The van der Waals surface area contributed by atoms with Gasteiger partial charge in [0, 0.05) is 0 Å². The molecule has 6 saturated carbocycles. The second-order valence-electron chi connectivity index (χ2n) is 14.1. The predicted molar refractivity (Wildman–Crippen MR) is 164 cm³/mol. The van der Waals surface area contributed by atoms with Crippen LogP contribution in [0, 0.1) is 53.3 Å². The molecule has 6 aliphatic rings. The molecule has 0 aromatic heterocycles. The smallest absolute Gasteiger partial charge is 0.117 e. The minimum Gasteiger partial charge on any atom is -0.117 e. The van der Waals surface area contributed by atoms with Gasteiger partial charge in [-0.2, -0.15) is 0 Å². The third-order valence-electron chi connectivity index (χ3n) is 12.1. The van der Waals surface area contributed by atoms with Crippen LogP contribution in [0.1, 0.15) is 129 Å². The van der Waals surface area contributed by atoms with Gasteiger partial charge in [-0.3, -0.25) is 0 Å². The maximum atomic E-state index is 4.23. The largest absolute Gasteiger partial charge is 0.118 e. The molecule has 0 nitrogen and oxygen atoms in total. The summed E-state index contributed by atoms with van der Waals surface area (Å²) >= 11 is 2.86.